The quantitative estimate of drug-likeness (QED) is 0.666. The van der Waals surface area contributed by atoms with Crippen LogP contribution in [-0.2, 0) is 7.05 Å². The Morgan fingerprint density at radius 3 is 2.00 bits per heavy atom. The number of aryl methyl sites for hydroxylation is 1. The maximum absolute atomic E-state index is 5.25. The molecule has 0 amide bonds. The Balaban J connectivity index is 2.07. The number of ether oxygens (including phenoxy) is 2. The van der Waals surface area contributed by atoms with Gasteiger partial charge < -0.3 is 14.0 Å². The lowest BCUT2D eigenvalue weighted by Crippen LogP contribution is -1.98. The maximum atomic E-state index is 5.25. The first-order chi connectivity index (χ1) is 11.7. The highest BCUT2D eigenvalue weighted by Gasteiger charge is 2.10. The number of imidazole rings is 1. The van der Waals surface area contributed by atoms with Crippen LogP contribution in [0.4, 0.5) is 0 Å². The third-order valence-electron chi connectivity index (χ3n) is 3.89. The van der Waals surface area contributed by atoms with E-state index < -0.39 is 0 Å². The minimum atomic E-state index is 0.836. The standard InChI is InChI=1S/C20H20N2O2/c1-22-13-12-21-20(22)19(16-6-10-18(24-3)11-7-16)14-15-4-8-17(23-2)9-5-15/h4-14H,1-3H3/b19-14+. The fraction of sp³-hybridized carbons (Fsp3) is 0.150. The summed E-state index contributed by atoms with van der Waals surface area (Å²) in [6, 6.07) is 16.0. The van der Waals surface area contributed by atoms with Crippen molar-refractivity contribution in [3.63, 3.8) is 0 Å². The summed E-state index contributed by atoms with van der Waals surface area (Å²) < 4.78 is 12.5. The normalized spacial score (nSPS) is 11.4. The molecule has 0 aliphatic rings. The van der Waals surface area contributed by atoms with Crippen LogP contribution >= 0.6 is 0 Å². The topological polar surface area (TPSA) is 36.3 Å². The van der Waals surface area contributed by atoms with E-state index in [-0.39, 0.29) is 0 Å². The van der Waals surface area contributed by atoms with Gasteiger partial charge in [-0.15, -0.1) is 0 Å². The number of hydrogen-bond acceptors (Lipinski definition) is 3. The monoisotopic (exact) mass is 320 g/mol. The van der Waals surface area contributed by atoms with Crippen molar-refractivity contribution in [2.45, 2.75) is 0 Å². The smallest absolute Gasteiger partial charge is 0.140 e. The van der Waals surface area contributed by atoms with Crippen molar-refractivity contribution in [1.82, 2.24) is 9.55 Å². The zero-order valence-corrected chi connectivity index (χ0v) is 14.1. The molecule has 0 saturated heterocycles. The van der Waals surface area contributed by atoms with Gasteiger partial charge in [0.2, 0.25) is 0 Å². The van der Waals surface area contributed by atoms with E-state index in [4.69, 9.17) is 9.47 Å². The fourth-order valence-corrected chi connectivity index (χ4v) is 2.54. The summed E-state index contributed by atoms with van der Waals surface area (Å²) in [6.45, 7) is 0. The minimum Gasteiger partial charge on any atom is -0.497 e. The van der Waals surface area contributed by atoms with Crippen molar-refractivity contribution in [1.29, 1.82) is 0 Å². The van der Waals surface area contributed by atoms with E-state index in [0.29, 0.717) is 0 Å². The molecule has 3 rings (SSSR count). The van der Waals surface area contributed by atoms with E-state index in [9.17, 15) is 0 Å². The number of aromatic nitrogens is 2. The Morgan fingerprint density at radius 2 is 1.50 bits per heavy atom. The van der Waals surface area contributed by atoms with E-state index >= 15 is 0 Å². The molecule has 3 aromatic rings. The van der Waals surface area contributed by atoms with Crippen LogP contribution in [0.25, 0.3) is 11.6 Å². The van der Waals surface area contributed by atoms with Crippen molar-refractivity contribution in [3.8, 4) is 11.5 Å². The first kappa shape index (κ1) is 15.9. The van der Waals surface area contributed by atoms with Crippen LogP contribution in [-0.4, -0.2) is 23.8 Å². The SMILES string of the molecule is COc1ccc(/C=C(\c2ccc(OC)cc2)c2nccn2C)cc1. The van der Waals surface area contributed by atoms with Crippen LogP contribution in [0.5, 0.6) is 11.5 Å². The molecule has 4 heteroatoms. The maximum Gasteiger partial charge on any atom is 0.140 e. The number of hydrogen-bond donors (Lipinski definition) is 0. The summed E-state index contributed by atoms with van der Waals surface area (Å²) in [7, 11) is 5.33. The second kappa shape index (κ2) is 7.04. The zero-order valence-electron chi connectivity index (χ0n) is 14.1. The van der Waals surface area contributed by atoms with Crippen LogP contribution in [0.2, 0.25) is 0 Å². The van der Waals surface area contributed by atoms with Crippen LogP contribution in [0.15, 0.2) is 60.9 Å². The van der Waals surface area contributed by atoms with Crippen LogP contribution in [0, 0.1) is 0 Å². The molecule has 122 valence electrons. The molecule has 0 bridgehead atoms. The lowest BCUT2D eigenvalue weighted by Gasteiger charge is -2.10. The molecular weight excluding hydrogens is 300 g/mol. The zero-order chi connectivity index (χ0) is 16.9. The summed E-state index contributed by atoms with van der Waals surface area (Å²) in [4.78, 5) is 4.50. The van der Waals surface area contributed by atoms with Gasteiger partial charge in [-0.25, -0.2) is 4.98 Å². The third kappa shape index (κ3) is 3.33. The van der Waals surface area contributed by atoms with Gasteiger partial charge in [0.15, 0.2) is 0 Å². The first-order valence-electron chi connectivity index (χ1n) is 7.69. The predicted molar refractivity (Wildman–Crippen MR) is 96.2 cm³/mol. The van der Waals surface area contributed by atoms with Crippen LogP contribution in [0.3, 0.4) is 0 Å². The van der Waals surface area contributed by atoms with Crippen molar-refractivity contribution in [3.05, 3.63) is 77.9 Å². The molecular formula is C20H20N2O2. The average molecular weight is 320 g/mol. The van der Waals surface area contributed by atoms with E-state index in [1.165, 1.54) is 0 Å². The van der Waals surface area contributed by atoms with Gasteiger partial charge in [0.05, 0.1) is 14.2 Å². The first-order valence-corrected chi connectivity index (χ1v) is 7.69. The summed E-state index contributed by atoms with van der Waals surface area (Å²) in [6.07, 6.45) is 5.88. The van der Waals surface area contributed by atoms with Gasteiger partial charge in [0.25, 0.3) is 0 Å². The van der Waals surface area contributed by atoms with Crippen molar-refractivity contribution >= 4 is 11.6 Å². The van der Waals surface area contributed by atoms with Gasteiger partial charge in [-0.1, -0.05) is 24.3 Å². The number of benzene rings is 2. The molecule has 0 saturated carbocycles. The van der Waals surface area contributed by atoms with Crippen molar-refractivity contribution in [2.24, 2.45) is 7.05 Å². The fourth-order valence-electron chi connectivity index (χ4n) is 2.54. The Morgan fingerprint density at radius 1 is 0.917 bits per heavy atom. The van der Waals surface area contributed by atoms with Gasteiger partial charge >= 0.3 is 0 Å². The van der Waals surface area contributed by atoms with Gasteiger partial charge in [0, 0.05) is 25.0 Å². The Bertz CT molecular complexity index is 831. The Kier molecular flexibility index (Phi) is 4.66. The average Bonchev–Trinajstić information content (AvgIpc) is 3.06. The molecule has 2 aromatic carbocycles. The summed E-state index contributed by atoms with van der Waals surface area (Å²) in [5.74, 6) is 2.59. The largest absolute Gasteiger partial charge is 0.497 e. The molecule has 0 spiro atoms. The van der Waals surface area contributed by atoms with Crippen LogP contribution < -0.4 is 9.47 Å². The lowest BCUT2D eigenvalue weighted by atomic mass is 10.0. The van der Waals surface area contributed by atoms with E-state index in [0.717, 1.165) is 34.0 Å². The number of rotatable bonds is 5. The predicted octanol–water partition coefficient (Wildman–Crippen LogP) is 4.03. The van der Waals surface area contributed by atoms with Gasteiger partial charge in [-0.2, -0.15) is 0 Å². The highest BCUT2D eigenvalue weighted by Crippen LogP contribution is 2.27. The van der Waals surface area contributed by atoms with Crippen LogP contribution in [0.1, 0.15) is 17.0 Å². The highest BCUT2D eigenvalue weighted by molar-refractivity contribution is 5.89. The van der Waals surface area contributed by atoms with E-state index in [1.807, 2.05) is 66.3 Å². The van der Waals surface area contributed by atoms with Gasteiger partial charge in [0.1, 0.15) is 17.3 Å². The van der Waals surface area contributed by atoms with Gasteiger partial charge in [-0.3, -0.25) is 0 Å². The Hall–Kier alpha value is -3.01. The lowest BCUT2D eigenvalue weighted by molar-refractivity contribution is 0.414. The third-order valence-corrected chi connectivity index (χ3v) is 3.89. The molecule has 0 unspecified atom stereocenters. The number of nitrogens with zero attached hydrogens (tertiary/aromatic N) is 2. The summed E-state index contributed by atoms with van der Waals surface area (Å²) in [5, 5.41) is 0. The molecule has 0 N–H and O–H groups in total. The molecule has 0 aliphatic carbocycles. The molecule has 24 heavy (non-hydrogen) atoms. The highest BCUT2D eigenvalue weighted by atomic mass is 16.5. The second-order valence-corrected chi connectivity index (χ2v) is 5.42. The van der Waals surface area contributed by atoms with Crippen molar-refractivity contribution < 1.29 is 9.47 Å². The molecule has 1 aromatic heterocycles. The molecule has 0 fully saturated rings. The molecule has 0 aliphatic heterocycles. The molecule has 0 radical (unpaired) electrons. The molecule has 1 heterocycles. The van der Waals surface area contributed by atoms with E-state index in [1.54, 1.807) is 20.4 Å². The Labute approximate surface area is 142 Å². The number of methoxy groups -OCH3 is 2. The summed E-state index contributed by atoms with van der Waals surface area (Å²) >= 11 is 0. The second-order valence-electron chi connectivity index (χ2n) is 5.42. The summed E-state index contributed by atoms with van der Waals surface area (Å²) in [5.41, 5.74) is 3.22. The van der Waals surface area contributed by atoms with E-state index in [2.05, 4.69) is 11.1 Å². The molecule has 4 nitrogen and oxygen atoms in total. The minimum absolute atomic E-state index is 0.836. The molecule has 0 atom stereocenters. The van der Waals surface area contributed by atoms with Crippen molar-refractivity contribution in [2.75, 3.05) is 14.2 Å². The van der Waals surface area contributed by atoms with Gasteiger partial charge in [-0.05, 0) is 41.5 Å².